The Kier molecular flexibility index (Phi) is 6.12. The second-order valence-corrected chi connectivity index (χ2v) is 6.37. The molecule has 108 valence electrons. The molecule has 3 nitrogen and oxygen atoms in total. The molecule has 1 aromatic carbocycles. The Morgan fingerprint density at radius 2 is 2.20 bits per heavy atom. The molecule has 0 spiro atoms. The normalized spacial score (nSPS) is 10.7. The highest BCUT2D eigenvalue weighted by atomic mass is 35.5. The lowest BCUT2D eigenvalue weighted by Crippen LogP contribution is -2.09. The first-order valence-corrected chi connectivity index (χ1v) is 9.10. The summed E-state index contributed by atoms with van der Waals surface area (Å²) in [5, 5.41) is 0.289. The number of carbonyl (C=O) groups excluding carboxylic acids is 1. The summed E-state index contributed by atoms with van der Waals surface area (Å²) in [4.78, 5) is 11.8. The third-order valence-corrected chi connectivity index (χ3v) is 3.74. The Morgan fingerprint density at radius 3 is 2.70 bits per heavy atom. The number of hydrogen-bond donors (Lipinski definition) is 1. The van der Waals surface area contributed by atoms with Crippen LogP contribution in [0.15, 0.2) is 6.07 Å². The summed E-state index contributed by atoms with van der Waals surface area (Å²) in [7, 11) is 0.910. The van der Waals surface area contributed by atoms with E-state index in [0.29, 0.717) is 22.7 Å². The van der Waals surface area contributed by atoms with Crippen LogP contribution in [0.3, 0.4) is 0 Å². The summed E-state index contributed by atoms with van der Waals surface area (Å²) in [5.74, 6) is 2.97. The van der Waals surface area contributed by atoms with E-state index in [0.717, 1.165) is 12.0 Å². The van der Waals surface area contributed by atoms with Crippen molar-refractivity contribution in [2.75, 3.05) is 12.8 Å². The van der Waals surface area contributed by atoms with E-state index < -0.39 is 15.5 Å². The topological polar surface area (TPSA) is 52.3 Å². The Morgan fingerprint density at radius 1 is 1.55 bits per heavy atom. The van der Waals surface area contributed by atoms with E-state index in [9.17, 15) is 4.79 Å². The molecular weight excluding hydrogens is 290 g/mol. The van der Waals surface area contributed by atoms with Gasteiger partial charge in [-0.1, -0.05) is 37.9 Å². The largest absolute Gasteiger partial charge is 0.465 e. The number of benzene rings is 1. The molecule has 5 heteroatoms. The van der Waals surface area contributed by atoms with E-state index in [2.05, 4.69) is 31.9 Å². The summed E-state index contributed by atoms with van der Waals surface area (Å²) in [6.07, 6.45) is 0.769. The number of nitrogen functional groups attached to an aromatic ring is 1. The fraction of sp³-hybridized carbons (Fsp3) is 0.400. The standard InChI is InChI=1S/C15H20ClNO2Si/c1-9(2)7-10-8-12(15(18)19-3)13(16)11(14(10)17)5-6-20-4/h8-9H,7,17,20H2,1-4H3. The second-order valence-electron chi connectivity index (χ2n) is 4.93. The first-order chi connectivity index (χ1) is 9.42. The van der Waals surface area contributed by atoms with Crippen molar-refractivity contribution < 1.29 is 9.53 Å². The van der Waals surface area contributed by atoms with Crippen molar-refractivity contribution in [2.45, 2.75) is 26.8 Å². The molecule has 1 aromatic rings. The number of ether oxygens (including phenoxy) is 1. The SMILES string of the molecule is COC(=O)c1cc(CC(C)C)c(N)c(C#C[SiH2]C)c1Cl. The van der Waals surface area contributed by atoms with E-state index in [1.54, 1.807) is 6.07 Å². The van der Waals surface area contributed by atoms with Gasteiger partial charge in [0.05, 0.1) is 28.9 Å². The van der Waals surface area contributed by atoms with Gasteiger partial charge in [0.2, 0.25) is 0 Å². The maximum atomic E-state index is 11.8. The van der Waals surface area contributed by atoms with Gasteiger partial charge in [0.1, 0.15) is 9.52 Å². The van der Waals surface area contributed by atoms with Crippen LogP contribution in [0.2, 0.25) is 11.6 Å². The smallest absolute Gasteiger partial charge is 0.339 e. The van der Waals surface area contributed by atoms with Crippen LogP contribution in [0.25, 0.3) is 0 Å². The molecule has 0 aromatic heterocycles. The van der Waals surface area contributed by atoms with Crippen molar-refractivity contribution in [2.24, 2.45) is 5.92 Å². The minimum Gasteiger partial charge on any atom is -0.465 e. The Hall–Kier alpha value is -1.44. The Bertz CT molecular complexity index is 573. The van der Waals surface area contributed by atoms with Gasteiger partial charge in [-0.05, 0) is 24.0 Å². The number of anilines is 1. The molecule has 0 fully saturated rings. The lowest BCUT2D eigenvalue weighted by atomic mass is 9.96. The van der Waals surface area contributed by atoms with E-state index in [4.69, 9.17) is 22.1 Å². The molecule has 0 aliphatic rings. The van der Waals surface area contributed by atoms with Crippen LogP contribution in [0, 0.1) is 17.4 Å². The molecule has 0 atom stereocenters. The van der Waals surface area contributed by atoms with Crippen molar-refractivity contribution in [3.05, 3.63) is 27.8 Å². The fourth-order valence-corrected chi connectivity index (χ4v) is 2.53. The minimum absolute atomic E-state index is 0.289. The maximum absolute atomic E-state index is 11.8. The molecule has 0 heterocycles. The van der Waals surface area contributed by atoms with Crippen LogP contribution in [-0.2, 0) is 11.2 Å². The number of halogens is 1. The van der Waals surface area contributed by atoms with Crippen molar-refractivity contribution in [3.63, 3.8) is 0 Å². The molecule has 0 aliphatic heterocycles. The van der Waals surface area contributed by atoms with Gasteiger partial charge in [0, 0.05) is 0 Å². The number of nitrogens with two attached hydrogens (primary N) is 1. The minimum atomic E-state index is -0.461. The molecule has 0 aliphatic carbocycles. The molecule has 0 amide bonds. The Labute approximate surface area is 127 Å². The molecule has 2 N–H and O–H groups in total. The number of rotatable bonds is 3. The molecule has 0 bridgehead atoms. The Balaban J connectivity index is 3.51. The lowest BCUT2D eigenvalue weighted by Gasteiger charge is -2.14. The van der Waals surface area contributed by atoms with Gasteiger partial charge in [0.15, 0.2) is 0 Å². The van der Waals surface area contributed by atoms with Crippen LogP contribution in [0.4, 0.5) is 5.69 Å². The zero-order valence-corrected chi connectivity index (χ0v) is 14.5. The van der Waals surface area contributed by atoms with Crippen molar-refractivity contribution in [1.82, 2.24) is 0 Å². The third-order valence-electron chi connectivity index (χ3n) is 2.81. The monoisotopic (exact) mass is 309 g/mol. The zero-order chi connectivity index (χ0) is 15.3. The number of methoxy groups -OCH3 is 1. The fourth-order valence-electron chi connectivity index (χ4n) is 1.89. The van der Waals surface area contributed by atoms with Crippen LogP contribution in [-0.4, -0.2) is 22.6 Å². The number of esters is 1. The van der Waals surface area contributed by atoms with Gasteiger partial charge in [-0.3, -0.25) is 0 Å². The van der Waals surface area contributed by atoms with Crippen molar-refractivity contribution >= 4 is 32.8 Å². The van der Waals surface area contributed by atoms with E-state index in [1.165, 1.54) is 7.11 Å². The molecule has 0 saturated heterocycles. The summed E-state index contributed by atoms with van der Waals surface area (Å²) in [5.41, 5.74) is 11.6. The van der Waals surface area contributed by atoms with Gasteiger partial charge in [0.25, 0.3) is 0 Å². The van der Waals surface area contributed by atoms with E-state index in [-0.39, 0.29) is 5.02 Å². The summed E-state index contributed by atoms with van der Waals surface area (Å²) in [6, 6.07) is 1.72. The zero-order valence-electron chi connectivity index (χ0n) is 12.3. The van der Waals surface area contributed by atoms with Gasteiger partial charge < -0.3 is 10.5 Å². The van der Waals surface area contributed by atoms with Crippen LogP contribution < -0.4 is 5.73 Å². The summed E-state index contributed by atoms with van der Waals surface area (Å²) in [6.45, 7) is 6.27. The van der Waals surface area contributed by atoms with Gasteiger partial charge in [-0.25, -0.2) is 4.79 Å². The molecular formula is C15H20ClNO2Si. The number of hydrogen-bond acceptors (Lipinski definition) is 3. The lowest BCUT2D eigenvalue weighted by molar-refractivity contribution is 0.0601. The first-order valence-electron chi connectivity index (χ1n) is 6.60. The molecule has 1 rings (SSSR count). The average molecular weight is 310 g/mol. The quantitative estimate of drug-likeness (QED) is 0.404. The average Bonchev–Trinajstić information content (AvgIpc) is 2.40. The molecule has 0 radical (unpaired) electrons. The molecule has 0 saturated carbocycles. The second kappa shape index (κ2) is 7.37. The predicted octanol–water partition coefficient (Wildman–Crippen LogP) is 2.43. The van der Waals surface area contributed by atoms with Crippen LogP contribution in [0.1, 0.15) is 35.3 Å². The van der Waals surface area contributed by atoms with Gasteiger partial charge >= 0.3 is 5.97 Å². The van der Waals surface area contributed by atoms with Gasteiger partial charge in [-0.15, -0.1) is 5.54 Å². The number of carbonyl (C=O) groups is 1. The highest BCUT2D eigenvalue weighted by Gasteiger charge is 2.19. The summed E-state index contributed by atoms with van der Waals surface area (Å²) >= 11 is 6.26. The van der Waals surface area contributed by atoms with E-state index >= 15 is 0 Å². The first kappa shape index (κ1) is 16.6. The third kappa shape index (κ3) is 3.78. The van der Waals surface area contributed by atoms with Crippen molar-refractivity contribution in [3.8, 4) is 11.5 Å². The van der Waals surface area contributed by atoms with Gasteiger partial charge in [-0.2, -0.15) is 0 Å². The van der Waals surface area contributed by atoms with Crippen LogP contribution >= 0.6 is 11.6 Å². The highest BCUT2D eigenvalue weighted by molar-refractivity contribution is 6.44. The van der Waals surface area contributed by atoms with E-state index in [1.807, 2.05) is 0 Å². The van der Waals surface area contributed by atoms with Crippen molar-refractivity contribution in [1.29, 1.82) is 0 Å². The molecule has 20 heavy (non-hydrogen) atoms. The predicted molar refractivity (Wildman–Crippen MR) is 87.0 cm³/mol. The highest BCUT2D eigenvalue weighted by Crippen LogP contribution is 2.31. The summed E-state index contributed by atoms with van der Waals surface area (Å²) < 4.78 is 4.77. The maximum Gasteiger partial charge on any atom is 0.339 e. The molecule has 0 unspecified atom stereocenters. The van der Waals surface area contributed by atoms with Crippen LogP contribution in [0.5, 0.6) is 0 Å².